The molecular formula is C12H21N3O. The van der Waals surface area contributed by atoms with Crippen LogP contribution >= 0.6 is 0 Å². The summed E-state index contributed by atoms with van der Waals surface area (Å²) in [7, 11) is 2.04. The van der Waals surface area contributed by atoms with Crippen molar-refractivity contribution in [1.29, 1.82) is 0 Å². The Balaban J connectivity index is 1.88. The van der Waals surface area contributed by atoms with Crippen LogP contribution < -0.4 is 0 Å². The standard InChI is InChI=1S/C12H21N3O/c1-14-7-5-13-12(14)10-15-6-2-3-11(9-15)4-8-16/h5,7,11,16H,2-4,6,8-10H2,1H3. The maximum atomic E-state index is 8.97. The average molecular weight is 223 g/mol. The van der Waals surface area contributed by atoms with E-state index in [1.165, 1.54) is 12.8 Å². The molecule has 4 heteroatoms. The highest BCUT2D eigenvalue weighted by Crippen LogP contribution is 2.20. The summed E-state index contributed by atoms with van der Waals surface area (Å²) in [4.78, 5) is 6.80. The molecule has 1 atom stereocenters. The number of aliphatic hydroxyl groups excluding tert-OH is 1. The van der Waals surface area contributed by atoms with Gasteiger partial charge in [0.25, 0.3) is 0 Å². The maximum Gasteiger partial charge on any atom is 0.122 e. The predicted octanol–water partition coefficient (Wildman–Crippen LogP) is 1.01. The van der Waals surface area contributed by atoms with E-state index in [1.807, 2.05) is 19.4 Å². The van der Waals surface area contributed by atoms with E-state index >= 15 is 0 Å². The highest BCUT2D eigenvalue weighted by atomic mass is 16.3. The van der Waals surface area contributed by atoms with Crippen molar-refractivity contribution in [3.63, 3.8) is 0 Å². The lowest BCUT2D eigenvalue weighted by Gasteiger charge is -2.32. The van der Waals surface area contributed by atoms with Crippen LogP contribution in [0.2, 0.25) is 0 Å². The first-order valence-electron chi connectivity index (χ1n) is 6.09. The van der Waals surface area contributed by atoms with Gasteiger partial charge >= 0.3 is 0 Å². The summed E-state index contributed by atoms with van der Waals surface area (Å²) in [5, 5.41) is 8.97. The summed E-state index contributed by atoms with van der Waals surface area (Å²) in [5.74, 6) is 1.80. The van der Waals surface area contributed by atoms with Gasteiger partial charge < -0.3 is 9.67 Å². The lowest BCUT2D eigenvalue weighted by molar-refractivity contribution is 0.139. The molecule has 90 valence electrons. The van der Waals surface area contributed by atoms with Gasteiger partial charge in [0.2, 0.25) is 0 Å². The average Bonchev–Trinajstić information content (AvgIpc) is 2.66. The molecule has 1 fully saturated rings. The van der Waals surface area contributed by atoms with E-state index in [-0.39, 0.29) is 0 Å². The minimum atomic E-state index is 0.320. The molecule has 0 spiro atoms. The zero-order valence-electron chi connectivity index (χ0n) is 9.97. The van der Waals surface area contributed by atoms with Crippen LogP contribution in [0.4, 0.5) is 0 Å². The van der Waals surface area contributed by atoms with Crippen molar-refractivity contribution in [1.82, 2.24) is 14.5 Å². The smallest absolute Gasteiger partial charge is 0.122 e. The van der Waals surface area contributed by atoms with E-state index in [2.05, 4.69) is 14.5 Å². The largest absolute Gasteiger partial charge is 0.396 e. The van der Waals surface area contributed by atoms with Crippen molar-refractivity contribution >= 4 is 0 Å². The second-order valence-corrected chi connectivity index (χ2v) is 4.71. The Labute approximate surface area is 96.9 Å². The molecule has 1 N–H and O–H groups in total. The Morgan fingerprint density at radius 1 is 1.56 bits per heavy atom. The van der Waals surface area contributed by atoms with Crippen molar-refractivity contribution in [2.24, 2.45) is 13.0 Å². The highest BCUT2D eigenvalue weighted by molar-refractivity contribution is 4.91. The Morgan fingerprint density at radius 2 is 2.44 bits per heavy atom. The summed E-state index contributed by atoms with van der Waals surface area (Å²) < 4.78 is 2.08. The second-order valence-electron chi connectivity index (χ2n) is 4.71. The van der Waals surface area contributed by atoms with Gasteiger partial charge in [0.05, 0.1) is 6.54 Å². The van der Waals surface area contributed by atoms with Gasteiger partial charge in [-0.3, -0.25) is 4.90 Å². The van der Waals surface area contributed by atoms with Crippen LogP contribution in [0.5, 0.6) is 0 Å². The molecule has 2 rings (SSSR count). The van der Waals surface area contributed by atoms with Crippen LogP contribution in [-0.2, 0) is 13.6 Å². The van der Waals surface area contributed by atoms with Crippen LogP contribution in [0.25, 0.3) is 0 Å². The van der Waals surface area contributed by atoms with Crippen LogP contribution in [0.1, 0.15) is 25.1 Å². The SMILES string of the molecule is Cn1ccnc1CN1CCCC(CCO)C1. The van der Waals surface area contributed by atoms with Crippen LogP contribution in [0.3, 0.4) is 0 Å². The number of hydrogen-bond donors (Lipinski definition) is 1. The van der Waals surface area contributed by atoms with E-state index in [0.717, 1.165) is 31.9 Å². The number of likely N-dealkylation sites (tertiary alicyclic amines) is 1. The molecule has 1 aliphatic rings. The molecule has 0 bridgehead atoms. The van der Waals surface area contributed by atoms with Crippen LogP contribution in [-0.4, -0.2) is 39.3 Å². The summed E-state index contributed by atoms with van der Waals surface area (Å²) >= 11 is 0. The van der Waals surface area contributed by atoms with Gasteiger partial charge in [-0.2, -0.15) is 0 Å². The van der Waals surface area contributed by atoms with Crippen molar-refractivity contribution in [2.75, 3.05) is 19.7 Å². The first-order valence-corrected chi connectivity index (χ1v) is 6.09. The van der Waals surface area contributed by atoms with Gasteiger partial charge in [0, 0.05) is 32.6 Å². The Bertz CT molecular complexity index is 322. The maximum absolute atomic E-state index is 8.97. The third-order valence-electron chi connectivity index (χ3n) is 3.43. The molecular weight excluding hydrogens is 202 g/mol. The van der Waals surface area contributed by atoms with E-state index < -0.39 is 0 Å². The van der Waals surface area contributed by atoms with Gasteiger partial charge in [-0.1, -0.05) is 0 Å². The van der Waals surface area contributed by atoms with E-state index in [0.29, 0.717) is 12.5 Å². The third-order valence-corrected chi connectivity index (χ3v) is 3.43. The van der Waals surface area contributed by atoms with Gasteiger partial charge in [-0.25, -0.2) is 4.98 Å². The van der Waals surface area contributed by atoms with E-state index in [1.54, 1.807) is 0 Å². The number of imidazole rings is 1. The highest BCUT2D eigenvalue weighted by Gasteiger charge is 2.20. The molecule has 0 saturated carbocycles. The van der Waals surface area contributed by atoms with Crippen molar-refractivity contribution in [3.8, 4) is 0 Å². The Kier molecular flexibility index (Phi) is 3.96. The fourth-order valence-corrected chi connectivity index (χ4v) is 2.46. The number of hydrogen-bond acceptors (Lipinski definition) is 3. The first kappa shape index (κ1) is 11.6. The van der Waals surface area contributed by atoms with Gasteiger partial charge in [-0.05, 0) is 31.7 Å². The topological polar surface area (TPSA) is 41.3 Å². The molecule has 0 radical (unpaired) electrons. The molecule has 0 aliphatic carbocycles. The van der Waals surface area contributed by atoms with Crippen molar-refractivity contribution < 1.29 is 5.11 Å². The summed E-state index contributed by atoms with van der Waals surface area (Å²) in [6, 6.07) is 0. The fraction of sp³-hybridized carbons (Fsp3) is 0.750. The molecule has 0 aromatic carbocycles. The molecule has 2 heterocycles. The summed E-state index contributed by atoms with van der Waals surface area (Å²) in [6.45, 7) is 3.52. The monoisotopic (exact) mass is 223 g/mol. The second kappa shape index (κ2) is 5.46. The first-order chi connectivity index (χ1) is 7.79. The summed E-state index contributed by atoms with van der Waals surface area (Å²) in [6.07, 6.45) is 7.29. The number of aromatic nitrogens is 2. The molecule has 0 amide bonds. The molecule has 1 aromatic heterocycles. The lowest BCUT2D eigenvalue weighted by Crippen LogP contribution is -2.35. The quantitative estimate of drug-likeness (QED) is 0.828. The minimum Gasteiger partial charge on any atom is -0.396 e. The Morgan fingerprint density at radius 3 is 3.12 bits per heavy atom. The normalized spacial score (nSPS) is 22.5. The third kappa shape index (κ3) is 2.83. The zero-order chi connectivity index (χ0) is 11.4. The van der Waals surface area contributed by atoms with Crippen molar-refractivity contribution in [2.45, 2.75) is 25.8 Å². The number of aryl methyl sites for hydroxylation is 1. The van der Waals surface area contributed by atoms with Crippen molar-refractivity contribution in [3.05, 3.63) is 18.2 Å². The lowest BCUT2D eigenvalue weighted by atomic mass is 9.95. The van der Waals surface area contributed by atoms with E-state index in [4.69, 9.17) is 5.11 Å². The van der Waals surface area contributed by atoms with Gasteiger partial charge in [0.15, 0.2) is 0 Å². The Hall–Kier alpha value is -0.870. The summed E-state index contributed by atoms with van der Waals surface area (Å²) in [5.41, 5.74) is 0. The molecule has 1 saturated heterocycles. The molecule has 16 heavy (non-hydrogen) atoms. The number of rotatable bonds is 4. The zero-order valence-corrected chi connectivity index (χ0v) is 9.97. The molecule has 1 unspecified atom stereocenters. The van der Waals surface area contributed by atoms with Crippen LogP contribution in [0.15, 0.2) is 12.4 Å². The molecule has 1 aliphatic heterocycles. The number of aliphatic hydroxyl groups is 1. The van der Waals surface area contributed by atoms with Crippen LogP contribution in [0, 0.1) is 5.92 Å². The molecule has 1 aromatic rings. The predicted molar refractivity (Wildman–Crippen MR) is 62.9 cm³/mol. The molecule has 4 nitrogen and oxygen atoms in total. The minimum absolute atomic E-state index is 0.320. The van der Waals surface area contributed by atoms with E-state index in [9.17, 15) is 0 Å². The van der Waals surface area contributed by atoms with Gasteiger partial charge in [0.1, 0.15) is 5.82 Å². The fourth-order valence-electron chi connectivity index (χ4n) is 2.46. The number of nitrogens with zero attached hydrogens (tertiary/aromatic N) is 3. The van der Waals surface area contributed by atoms with Gasteiger partial charge in [-0.15, -0.1) is 0 Å². The number of piperidine rings is 1.